The molecule has 1 saturated carbocycles. The summed E-state index contributed by atoms with van der Waals surface area (Å²) in [6.07, 6.45) is 7.42. The van der Waals surface area contributed by atoms with E-state index in [0.29, 0.717) is 17.7 Å². The van der Waals surface area contributed by atoms with Crippen molar-refractivity contribution in [3.8, 4) is 0 Å². The molecule has 1 aliphatic carbocycles. The van der Waals surface area contributed by atoms with Gasteiger partial charge in [0.1, 0.15) is 0 Å². The standard InChI is InChI=1S/C26H34N2O/c1-27(2)26(23-11-7-4-8-12-23)17-15-25(16-18-26)19-20-28(21-25)24(29)14-13-22-9-5-3-6-10-22/h3-12H,13-21H2,1-2H3/t25-,26-. The van der Waals surface area contributed by atoms with Crippen LogP contribution in [0.4, 0.5) is 0 Å². The van der Waals surface area contributed by atoms with E-state index in [9.17, 15) is 4.79 Å². The number of benzene rings is 2. The third-order valence-electron chi connectivity index (χ3n) is 7.57. The summed E-state index contributed by atoms with van der Waals surface area (Å²) in [5.74, 6) is 0.332. The predicted molar refractivity (Wildman–Crippen MR) is 119 cm³/mol. The molecule has 0 unspecified atom stereocenters. The summed E-state index contributed by atoms with van der Waals surface area (Å²) >= 11 is 0. The van der Waals surface area contributed by atoms with Gasteiger partial charge in [-0.2, -0.15) is 0 Å². The summed E-state index contributed by atoms with van der Waals surface area (Å²) in [6.45, 7) is 1.90. The first kappa shape index (κ1) is 20.2. The molecular formula is C26H34N2O. The van der Waals surface area contributed by atoms with Crippen molar-refractivity contribution in [3.63, 3.8) is 0 Å². The molecule has 0 bridgehead atoms. The smallest absolute Gasteiger partial charge is 0.222 e. The van der Waals surface area contributed by atoms with E-state index in [0.717, 1.165) is 19.5 Å². The van der Waals surface area contributed by atoms with Gasteiger partial charge in [-0.1, -0.05) is 60.7 Å². The zero-order chi connectivity index (χ0) is 20.3. The van der Waals surface area contributed by atoms with E-state index in [4.69, 9.17) is 0 Å². The number of hydrogen-bond donors (Lipinski definition) is 0. The summed E-state index contributed by atoms with van der Waals surface area (Å²) in [5, 5.41) is 0. The zero-order valence-electron chi connectivity index (χ0n) is 17.9. The van der Waals surface area contributed by atoms with Crippen molar-refractivity contribution >= 4 is 5.91 Å². The van der Waals surface area contributed by atoms with E-state index in [1.165, 1.54) is 43.2 Å². The van der Waals surface area contributed by atoms with Crippen LogP contribution in [-0.2, 0) is 16.8 Å². The van der Waals surface area contributed by atoms with Crippen LogP contribution in [0, 0.1) is 5.41 Å². The lowest BCUT2D eigenvalue weighted by atomic mass is 9.64. The van der Waals surface area contributed by atoms with E-state index >= 15 is 0 Å². The van der Waals surface area contributed by atoms with Crippen LogP contribution >= 0.6 is 0 Å². The molecule has 1 spiro atoms. The molecule has 1 heterocycles. The first-order chi connectivity index (χ1) is 14.0. The van der Waals surface area contributed by atoms with Crippen LogP contribution in [0.2, 0.25) is 0 Å². The Labute approximate surface area is 175 Å². The van der Waals surface area contributed by atoms with Gasteiger partial charge in [-0.05, 0) is 69.2 Å². The minimum atomic E-state index is 0.136. The molecule has 0 radical (unpaired) electrons. The van der Waals surface area contributed by atoms with Crippen LogP contribution in [0.15, 0.2) is 60.7 Å². The highest BCUT2D eigenvalue weighted by atomic mass is 16.2. The number of nitrogens with zero attached hydrogens (tertiary/aromatic N) is 2. The lowest BCUT2D eigenvalue weighted by Crippen LogP contribution is -2.47. The van der Waals surface area contributed by atoms with Crippen molar-refractivity contribution in [2.75, 3.05) is 27.2 Å². The lowest BCUT2D eigenvalue weighted by Gasteiger charge is -2.49. The Balaban J connectivity index is 1.37. The monoisotopic (exact) mass is 390 g/mol. The van der Waals surface area contributed by atoms with Crippen LogP contribution in [-0.4, -0.2) is 42.9 Å². The molecule has 1 aliphatic heterocycles. The summed E-state index contributed by atoms with van der Waals surface area (Å²) in [5.41, 5.74) is 3.16. The molecule has 1 amide bonds. The molecule has 29 heavy (non-hydrogen) atoms. The first-order valence-corrected chi connectivity index (χ1v) is 11.1. The average Bonchev–Trinajstić information content (AvgIpc) is 3.18. The molecule has 2 aliphatic rings. The van der Waals surface area contributed by atoms with E-state index in [-0.39, 0.29) is 5.54 Å². The van der Waals surface area contributed by atoms with E-state index in [2.05, 4.69) is 78.5 Å². The molecule has 2 fully saturated rings. The van der Waals surface area contributed by atoms with Crippen LogP contribution in [0.1, 0.15) is 49.7 Å². The fourth-order valence-corrected chi connectivity index (χ4v) is 5.55. The van der Waals surface area contributed by atoms with Gasteiger partial charge in [-0.25, -0.2) is 0 Å². The Kier molecular flexibility index (Phi) is 5.78. The van der Waals surface area contributed by atoms with Crippen molar-refractivity contribution in [3.05, 3.63) is 71.8 Å². The van der Waals surface area contributed by atoms with Crippen molar-refractivity contribution in [2.24, 2.45) is 5.41 Å². The molecule has 0 aromatic heterocycles. The highest BCUT2D eigenvalue weighted by molar-refractivity contribution is 5.76. The van der Waals surface area contributed by atoms with Crippen molar-refractivity contribution in [2.45, 2.75) is 50.5 Å². The summed E-state index contributed by atoms with van der Waals surface area (Å²) in [4.78, 5) is 17.4. The maximum atomic E-state index is 12.8. The first-order valence-electron chi connectivity index (χ1n) is 11.1. The lowest BCUT2D eigenvalue weighted by molar-refractivity contribution is -0.130. The summed E-state index contributed by atoms with van der Waals surface area (Å²) in [6, 6.07) is 21.4. The van der Waals surface area contributed by atoms with Crippen LogP contribution < -0.4 is 0 Å². The Bertz CT molecular complexity index is 807. The van der Waals surface area contributed by atoms with Crippen LogP contribution in [0.25, 0.3) is 0 Å². The largest absolute Gasteiger partial charge is 0.342 e. The fraction of sp³-hybridized carbons (Fsp3) is 0.500. The molecule has 2 aromatic carbocycles. The Morgan fingerprint density at radius 1 is 0.897 bits per heavy atom. The maximum absolute atomic E-state index is 12.8. The second-order valence-corrected chi connectivity index (χ2v) is 9.34. The topological polar surface area (TPSA) is 23.6 Å². The van der Waals surface area contributed by atoms with Crippen LogP contribution in [0.3, 0.4) is 0 Å². The molecule has 0 N–H and O–H groups in total. The molecule has 0 atom stereocenters. The Hall–Kier alpha value is -2.13. The van der Waals surface area contributed by atoms with Gasteiger partial charge in [-0.15, -0.1) is 0 Å². The maximum Gasteiger partial charge on any atom is 0.222 e. The predicted octanol–water partition coefficient (Wildman–Crippen LogP) is 4.87. The van der Waals surface area contributed by atoms with Gasteiger partial charge in [0.05, 0.1) is 0 Å². The van der Waals surface area contributed by atoms with Gasteiger partial charge in [0.2, 0.25) is 5.91 Å². The minimum absolute atomic E-state index is 0.136. The van der Waals surface area contributed by atoms with Crippen molar-refractivity contribution in [1.82, 2.24) is 9.80 Å². The van der Waals surface area contributed by atoms with Crippen LogP contribution in [0.5, 0.6) is 0 Å². The summed E-state index contributed by atoms with van der Waals surface area (Å²) < 4.78 is 0. The van der Waals surface area contributed by atoms with Gasteiger partial charge in [0.25, 0.3) is 0 Å². The number of amides is 1. The Morgan fingerprint density at radius 3 is 2.14 bits per heavy atom. The zero-order valence-corrected chi connectivity index (χ0v) is 17.9. The third kappa shape index (κ3) is 4.11. The Morgan fingerprint density at radius 2 is 1.52 bits per heavy atom. The van der Waals surface area contributed by atoms with Crippen molar-refractivity contribution in [1.29, 1.82) is 0 Å². The second-order valence-electron chi connectivity index (χ2n) is 9.34. The number of carbonyl (C=O) groups excluding carboxylic acids is 1. The molecule has 1 saturated heterocycles. The SMILES string of the molecule is CN(C)[C@]1(c2ccccc2)CC[C@]2(CCN(C(=O)CCc3ccccc3)C2)CC1. The number of hydrogen-bond acceptors (Lipinski definition) is 2. The highest BCUT2D eigenvalue weighted by Gasteiger charge is 2.48. The van der Waals surface area contributed by atoms with Gasteiger partial charge < -0.3 is 4.90 Å². The molecule has 3 heteroatoms. The van der Waals surface area contributed by atoms with E-state index in [1.54, 1.807) is 0 Å². The van der Waals surface area contributed by atoms with Gasteiger partial charge in [0.15, 0.2) is 0 Å². The fourth-order valence-electron chi connectivity index (χ4n) is 5.55. The van der Waals surface area contributed by atoms with Gasteiger partial charge in [-0.3, -0.25) is 9.69 Å². The average molecular weight is 391 g/mol. The quantitative estimate of drug-likeness (QED) is 0.727. The molecule has 4 rings (SSSR count). The van der Waals surface area contributed by atoms with E-state index in [1.807, 2.05) is 6.07 Å². The number of carbonyl (C=O) groups is 1. The number of rotatable bonds is 5. The minimum Gasteiger partial charge on any atom is -0.342 e. The molecule has 154 valence electrons. The van der Waals surface area contributed by atoms with Gasteiger partial charge in [0, 0.05) is 25.0 Å². The van der Waals surface area contributed by atoms with Gasteiger partial charge >= 0.3 is 0 Å². The number of aryl methyl sites for hydroxylation is 1. The second kappa shape index (κ2) is 8.31. The molecule has 3 nitrogen and oxygen atoms in total. The third-order valence-corrected chi connectivity index (χ3v) is 7.57. The molecular weight excluding hydrogens is 356 g/mol. The highest BCUT2D eigenvalue weighted by Crippen LogP contribution is 2.51. The number of likely N-dealkylation sites (tertiary alicyclic amines) is 1. The van der Waals surface area contributed by atoms with Crippen molar-refractivity contribution < 1.29 is 4.79 Å². The normalized spacial score (nSPS) is 26.9. The molecule has 2 aromatic rings. The van der Waals surface area contributed by atoms with E-state index < -0.39 is 0 Å². The summed E-state index contributed by atoms with van der Waals surface area (Å²) in [7, 11) is 4.44.